The monoisotopic (exact) mass is 259 g/mol. The van der Waals surface area contributed by atoms with Gasteiger partial charge in [-0.2, -0.15) is 5.10 Å². The fourth-order valence-corrected chi connectivity index (χ4v) is 2.36. The van der Waals surface area contributed by atoms with Crippen LogP contribution >= 0.6 is 0 Å². The van der Waals surface area contributed by atoms with Crippen LogP contribution in [0.25, 0.3) is 10.8 Å². The molecule has 19 heavy (non-hydrogen) atoms. The Labute approximate surface area is 113 Å². The second kappa shape index (κ2) is 6.48. The standard InChI is InChI=1S/C15H21N3O/c1-3-11(4-2)14(19)10-16-15-13-8-6-5-7-12(13)9-17-18-15/h5-9,11,14,19H,3-4,10H2,1-2H3,(H,16,18). The summed E-state index contributed by atoms with van der Waals surface area (Å²) in [7, 11) is 0. The molecule has 2 N–H and O–H groups in total. The third-order valence-corrected chi connectivity index (χ3v) is 3.64. The Hall–Kier alpha value is -1.68. The maximum atomic E-state index is 10.1. The van der Waals surface area contributed by atoms with Crippen LogP contribution in [0.15, 0.2) is 30.5 Å². The Morgan fingerprint density at radius 2 is 1.95 bits per heavy atom. The summed E-state index contributed by atoms with van der Waals surface area (Å²) in [6.45, 7) is 4.72. The molecular weight excluding hydrogens is 238 g/mol. The molecule has 0 saturated carbocycles. The average molecular weight is 259 g/mol. The molecule has 0 radical (unpaired) electrons. The molecule has 1 aromatic carbocycles. The van der Waals surface area contributed by atoms with Crippen LogP contribution in [0.1, 0.15) is 26.7 Å². The van der Waals surface area contributed by atoms with E-state index in [-0.39, 0.29) is 6.10 Å². The zero-order valence-corrected chi connectivity index (χ0v) is 11.5. The number of hydrogen-bond acceptors (Lipinski definition) is 4. The Kier molecular flexibility index (Phi) is 4.68. The van der Waals surface area contributed by atoms with E-state index in [1.807, 2.05) is 24.3 Å². The van der Waals surface area contributed by atoms with Crippen LogP contribution in [0.5, 0.6) is 0 Å². The van der Waals surface area contributed by atoms with E-state index in [2.05, 4.69) is 29.4 Å². The summed E-state index contributed by atoms with van der Waals surface area (Å²) in [5, 5.41) is 23.5. The van der Waals surface area contributed by atoms with Crippen molar-refractivity contribution in [3.8, 4) is 0 Å². The molecule has 0 saturated heterocycles. The molecular formula is C15H21N3O. The van der Waals surface area contributed by atoms with Crippen LogP contribution in [0.4, 0.5) is 5.82 Å². The summed E-state index contributed by atoms with van der Waals surface area (Å²) in [4.78, 5) is 0. The van der Waals surface area contributed by atoms with Crippen molar-refractivity contribution in [2.75, 3.05) is 11.9 Å². The van der Waals surface area contributed by atoms with Gasteiger partial charge in [-0.15, -0.1) is 5.10 Å². The molecule has 102 valence electrons. The van der Waals surface area contributed by atoms with Gasteiger partial charge in [0.05, 0.1) is 12.3 Å². The number of aliphatic hydroxyl groups is 1. The van der Waals surface area contributed by atoms with Gasteiger partial charge in [-0.3, -0.25) is 0 Å². The molecule has 4 heteroatoms. The first-order valence-corrected chi connectivity index (χ1v) is 6.88. The molecule has 0 fully saturated rings. The lowest BCUT2D eigenvalue weighted by Crippen LogP contribution is -2.28. The van der Waals surface area contributed by atoms with Crippen molar-refractivity contribution in [2.45, 2.75) is 32.8 Å². The maximum Gasteiger partial charge on any atom is 0.156 e. The van der Waals surface area contributed by atoms with Gasteiger partial charge in [-0.1, -0.05) is 51.0 Å². The lowest BCUT2D eigenvalue weighted by molar-refractivity contribution is 0.114. The van der Waals surface area contributed by atoms with Crippen molar-refractivity contribution in [1.29, 1.82) is 0 Å². The van der Waals surface area contributed by atoms with Crippen molar-refractivity contribution in [1.82, 2.24) is 10.2 Å². The first-order valence-electron chi connectivity index (χ1n) is 6.88. The summed E-state index contributed by atoms with van der Waals surface area (Å²) in [5.41, 5.74) is 0. The molecule has 2 aromatic rings. The molecule has 0 amide bonds. The lowest BCUT2D eigenvalue weighted by atomic mass is 9.96. The Morgan fingerprint density at radius 1 is 1.21 bits per heavy atom. The molecule has 4 nitrogen and oxygen atoms in total. The predicted octanol–water partition coefficient (Wildman–Crippen LogP) is 2.84. The van der Waals surface area contributed by atoms with E-state index in [4.69, 9.17) is 0 Å². The van der Waals surface area contributed by atoms with E-state index >= 15 is 0 Å². The number of anilines is 1. The van der Waals surface area contributed by atoms with E-state index in [0.29, 0.717) is 12.5 Å². The van der Waals surface area contributed by atoms with E-state index in [0.717, 1.165) is 29.4 Å². The Morgan fingerprint density at radius 3 is 2.68 bits per heavy atom. The van der Waals surface area contributed by atoms with Crippen molar-refractivity contribution in [3.05, 3.63) is 30.5 Å². The highest BCUT2D eigenvalue weighted by Crippen LogP contribution is 2.20. The largest absolute Gasteiger partial charge is 0.391 e. The highest BCUT2D eigenvalue weighted by atomic mass is 16.3. The first kappa shape index (κ1) is 13.7. The van der Waals surface area contributed by atoms with Crippen LogP contribution in [0.2, 0.25) is 0 Å². The SMILES string of the molecule is CCC(CC)C(O)CNc1nncc2ccccc12. The second-order valence-electron chi connectivity index (χ2n) is 4.81. The minimum Gasteiger partial charge on any atom is -0.391 e. The number of nitrogens with zero attached hydrogens (tertiary/aromatic N) is 2. The summed E-state index contributed by atoms with van der Waals surface area (Å²) < 4.78 is 0. The number of aromatic nitrogens is 2. The minimum atomic E-state index is -0.351. The highest BCUT2D eigenvalue weighted by Gasteiger charge is 2.15. The molecule has 0 spiro atoms. The van der Waals surface area contributed by atoms with Gasteiger partial charge in [0.2, 0.25) is 0 Å². The molecule has 0 bridgehead atoms. The summed E-state index contributed by atoms with van der Waals surface area (Å²) >= 11 is 0. The smallest absolute Gasteiger partial charge is 0.156 e. The number of nitrogens with one attached hydrogen (secondary N) is 1. The van der Waals surface area contributed by atoms with E-state index < -0.39 is 0 Å². The number of benzene rings is 1. The van der Waals surface area contributed by atoms with Crippen LogP contribution in [0.3, 0.4) is 0 Å². The first-order chi connectivity index (χ1) is 9.26. The van der Waals surface area contributed by atoms with Gasteiger partial charge in [0.15, 0.2) is 5.82 Å². The molecule has 1 unspecified atom stereocenters. The average Bonchev–Trinajstić information content (AvgIpc) is 2.46. The summed E-state index contributed by atoms with van der Waals surface area (Å²) in [6.07, 6.45) is 3.37. The molecule has 2 rings (SSSR count). The fraction of sp³-hybridized carbons (Fsp3) is 0.467. The number of hydrogen-bond donors (Lipinski definition) is 2. The number of aliphatic hydroxyl groups excluding tert-OH is 1. The fourth-order valence-electron chi connectivity index (χ4n) is 2.36. The zero-order valence-electron chi connectivity index (χ0n) is 11.5. The highest BCUT2D eigenvalue weighted by molar-refractivity contribution is 5.90. The maximum absolute atomic E-state index is 10.1. The summed E-state index contributed by atoms with van der Waals surface area (Å²) in [5.74, 6) is 1.07. The molecule has 1 heterocycles. The van der Waals surface area contributed by atoms with Gasteiger partial charge in [0, 0.05) is 17.3 Å². The normalized spacial score (nSPS) is 12.8. The van der Waals surface area contributed by atoms with Crippen LogP contribution in [0, 0.1) is 5.92 Å². The van der Waals surface area contributed by atoms with Gasteiger partial charge in [0.25, 0.3) is 0 Å². The zero-order chi connectivity index (χ0) is 13.7. The van der Waals surface area contributed by atoms with Crippen molar-refractivity contribution >= 4 is 16.6 Å². The van der Waals surface area contributed by atoms with Crippen LogP contribution in [-0.4, -0.2) is 28.0 Å². The molecule has 0 aliphatic rings. The molecule has 1 aromatic heterocycles. The number of rotatable bonds is 6. The topological polar surface area (TPSA) is 58.0 Å². The Bertz CT molecular complexity index is 520. The predicted molar refractivity (Wildman–Crippen MR) is 78.1 cm³/mol. The minimum absolute atomic E-state index is 0.329. The van der Waals surface area contributed by atoms with E-state index in [9.17, 15) is 5.11 Å². The van der Waals surface area contributed by atoms with Crippen molar-refractivity contribution < 1.29 is 5.11 Å². The van der Waals surface area contributed by atoms with Gasteiger partial charge >= 0.3 is 0 Å². The van der Waals surface area contributed by atoms with Gasteiger partial charge < -0.3 is 10.4 Å². The molecule has 1 atom stereocenters. The third-order valence-electron chi connectivity index (χ3n) is 3.64. The Balaban J connectivity index is 2.09. The summed E-state index contributed by atoms with van der Waals surface area (Å²) in [6, 6.07) is 7.97. The second-order valence-corrected chi connectivity index (χ2v) is 4.81. The van der Waals surface area contributed by atoms with Gasteiger partial charge in [-0.25, -0.2) is 0 Å². The lowest BCUT2D eigenvalue weighted by Gasteiger charge is -2.20. The van der Waals surface area contributed by atoms with Crippen LogP contribution < -0.4 is 5.32 Å². The van der Waals surface area contributed by atoms with Crippen LogP contribution in [-0.2, 0) is 0 Å². The number of fused-ring (bicyclic) bond motifs is 1. The van der Waals surface area contributed by atoms with Crippen molar-refractivity contribution in [3.63, 3.8) is 0 Å². The molecule has 0 aliphatic heterocycles. The third kappa shape index (κ3) is 3.20. The molecule has 0 aliphatic carbocycles. The van der Waals surface area contributed by atoms with Gasteiger partial charge in [-0.05, 0) is 5.92 Å². The van der Waals surface area contributed by atoms with E-state index in [1.165, 1.54) is 0 Å². The quantitative estimate of drug-likeness (QED) is 0.837. The van der Waals surface area contributed by atoms with Crippen molar-refractivity contribution in [2.24, 2.45) is 5.92 Å². The van der Waals surface area contributed by atoms with Gasteiger partial charge in [0.1, 0.15) is 0 Å². The van der Waals surface area contributed by atoms with E-state index in [1.54, 1.807) is 6.20 Å².